The molecule has 4 aromatic rings. The van der Waals surface area contributed by atoms with Crippen molar-refractivity contribution in [3.05, 3.63) is 54.1 Å². The van der Waals surface area contributed by atoms with E-state index in [1.165, 1.54) is 0 Å². The van der Waals surface area contributed by atoms with Gasteiger partial charge in [-0.15, -0.1) is 10.2 Å². The van der Waals surface area contributed by atoms with E-state index in [9.17, 15) is 0 Å². The Labute approximate surface area is 127 Å². The van der Waals surface area contributed by atoms with Gasteiger partial charge in [-0.05, 0) is 48.9 Å². The molecule has 0 saturated heterocycles. The molecule has 0 aliphatic carbocycles. The van der Waals surface area contributed by atoms with E-state index in [2.05, 4.69) is 17.1 Å². The number of aromatic nitrogens is 3. The van der Waals surface area contributed by atoms with Gasteiger partial charge in [-0.2, -0.15) is 0 Å². The average Bonchev–Trinajstić information content (AvgIpc) is 2.91. The highest BCUT2D eigenvalue weighted by Crippen LogP contribution is 2.28. The zero-order valence-electron chi connectivity index (χ0n) is 12.1. The maximum absolute atomic E-state index is 5.92. The fourth-order valence-electron chi connectivity index (χ4n) is 2.83. The van der Waals surface area contributed by atoms with Crippen LogP contribution in [0.3, 0.4) is 0 Å². The van der Waals surface area contributed by atoms with Gasteiger partial charge in [0.1, 0.15) is 0 Å². The minimum Gasteiger partial charge on any atom is -0.399 e. The molecule has 4 N–H and O–H groups in total. The number of hydrogen-bond donors (Lipinski definition) is 2. The fourth-order valence-corrected chi connectivity index (χ4v) is 2.83. The number of aryl methyl sites for hydroxylation is 1. The third-order valence-electron chi connectivity index (χ3n) is 3.86. The molecule has 4 rings (SSSR count). The molecule has 5 heteroatoms. The molecule has 108 valence electrons. The fraction of sp³-hybridized carbons (Fsp3) is 0.0588. The summed E-state index contributed by atoms with van der Waals surface area (Å²) in [6.07, 6.45) is 0. The number of benzene rings is 2. The van der Waals surface area contributed by atoms with Crippen molar-refractivity contribution in [2.75, 3.05) is 11.5 Å². The maximum Gasteiger partial charge on any atom is 0.168 e. The summed E-state index contributed by atoms with van der Waals surface area (Å²) in [5.41, 5.74) is 17.2. The van der Waals surface area contributed by atoms with Gasteiger partial charge < -0.3 is 11.5 Å². The number of fused-ring (bicyclic) bond motifs is 3. The van der Waals surface area contributed by atoms with Crippen LogP contribution >= 0.6 is 0 Å². The monoisotopic (exact) mass is 289 g/mol. The van der Waals surface area contributed by atoms with E-state index in [1.807, 2.05) is 52.9 Å². The largest absolute Gasteiger partial charge is 0.399 e. The summed E-state index contributed by atoms with van der Waals surface area (Å²) in [6.45, 7) is 2.05. The summed E-state index contributed by atoms with van der Waals surface area (Å²) in [5.74, 6) is 0.775. The number of nitrogens with two attached hydrogens (primary N) is 2. The molecule has 2 aromatic carbocycles. The Morgan fingerprint density at radius 3 is 2.55 bits per heavy atom. The van der Waals surface area contributed by atoms with Crippen molar-refractivity contribution >= 4 is 27.9 Å². The SMILES string of the molecule is Cc1cc2nnc(-c3cccc(N)c3)n2c2ccc(N)cc12. The number of pyridine rings is 1. The quantitative estimate of drug-likeness (QED) is 0.528. The van der Waals surface area contributed by atoms with E-state index in [1.54, 1.807) is 0 Å². The highest BCUT2D eigenvalue weighted by atomic mass is 15.2. The summed E-state index contributed by atoms with van der Waals surface area (Å²) < 4.78 is 2.04. The van der Waals surface area contributed by atoms with Gasteiger partial charge in [-0.25, -0.2) is 0 Å². The van der Waals surface area contributed by atoms with Crippen LogP contribution in [0.4, 0.5) is 11.4 Å². The van der Waals surface area contributed by atoms with Gasteiger partial charge in [0.05, 0.1) is 5.52 Å². The number of rotatable bonds is 1. The number of hydrogen-bond acceptors (Lipinski definition) is 4. The summed E-state index contributed by atoms with van der Waals surface area (Å²) in [4.78, 5) is 0. The lowest BCUT2D eigenvalue weighted by Gasteiger charge is -2.09. The zero-order chi connectivity index (χ0) is 15.3. The van der Waals surface area contributed by atoms with Crippen LogP contribution in [0, 0.1) is 6.92 Å². The third kappa shape index (κ3) is 1.79. The lowest BCUT2D eigenvalue weighted by Crippen LogP contribution is -1.96. The molecule has 0 aliphatic rings. The first-order valence-electron chi connectivity index (χ1n) is 7.03. The van der Waals surface area contributed by atoms with Crippen molar-refractivity contribution in [2.24, 2.45) is 0 Å². The van der Waals surface area contributed by atoms with Crippen LogP contribution in [0.2, 0.25) is 0 Å². The van der Waals surface area contributed by atoms with Crippen LogP contribution in [0.25, 0.3) is 27.9 Å². The molecule has 22 heavy (non-hydrogen) atoms. The molecular weight excluding hydrogens is 274 g/mol. The average molecular weight is 289 g/mol. The van der Waals surface area contributed by atoms with Gasteiger partial charge >= 0.3 is 0 Å². The molecule has 0 aliphatic heterocycles. The summed E-state index contributed by atoms with van der Waals surface area (Å²) in [6, 6.07) is 15.6. The van der Waals surface area contributed by atoms with Gasteiger partial charge in [0.25, 0.3) is 0 Å². The predicted octanol–water partition coefficient (Wildman–Crippen LogP) is 3.02. The molecule has 0 spiro atoms. The van der Waals surface area contributed by atoms with Crippen LogP contribution in [-0.2, 0) is 0 Å². The van der Waals surface area contributed by atoms with Crippen LogP contribution < -0.4 is 11.5 Å². The van der Waals surface area contributed by atoms with Gasteiger partial charge in [0.15, 0.2) is 11.5 Å². The van der Waals surface area contributed by atoms with Crippen LogP contribution in [0.15, 0.2) is 48.5 Å². The van der Waals surface area contributed by atoms with E-state index >= 15 is 0 Å². The van der Waals surface area contributed by atoms with Crippen molar-refractivity contribution < 1.29 is 0 Å². The number of anilines is 2. The van der Waals surface area contributed by atoms with Gasteiger partial charge in [0.2, 0.25) is 0 Å². The Hall–Kier alpha value is -3.08. The van der Waals surface area contributed by atoms with Gasteiger partial charge in [0, 0.05) is 22.3 Å². The maximum atomic E-state index is 5.92. The molecule has 0 fully saturated rings. The van der Waals surface area contributed by atoms with E-state index in [0.717, 1.165) is 39.2 Å². The normalized spacial score (nSPS) is 11.3. The second-order valence-electron chi connectivity index (χ2n) is 5.45. The molecule has 0 saturated carbocycles. The van der Waals surface area contributed by atoms with Crippen molar-refractivity contribution in [1.29, 1.82) is 0 Å². The van der Waals surface area contributed by atoms with Crippen LogP contribution in [0.1, 0.15) is 5.56 Å². The Balaban J connectivity index is 2.14. The standard InChI is InChI=1S/C17H15N5/c1-10-7-16-20-21-17(11-3-2-4-12(18)8-11)22(16)15-6-5-13(19)9-14(10)15/h2-9H,18-19H2,1H3. The Bertz CT molecular complexity index is 1020. The minimum atomic E-state index is 0.704. The molecule has 0 unspecified atom stereocenters. The van der Waals surface area contributed by atoms with E-state index in [0.29, 0.717) is 5.69 Å². The van der Waals surface area contributed by atoms with Crippen molar-refractivity contribution in [1.82, 2.24) is 14.6 Å². The van der Waals surface area contributed by atoms with E-state index < -0.39 is 0 Å². The zero-order valence-corrected chi connectivity index (χ0v) is 12.1. The summed E-state index contributed by atoms with van der Waals surface area (Å²) >= 11 is 0. The van der Waals surface area contributed by atoms with Gasteiger partial charge in [-0.3, -0.25) is 4.40 Å². The van der Waals surface area contributed by atoms with Crippen molar-refractivity contribution in [2.45, 2.75) is 6.92 Å². The molecular formula is C17H15N5. The Morgan fingerprint density at radius 1 is 0.909 bits per heavy atom. The first kappa shape index (κ1) is 12.6. The van der Waals surface area contributed by atoms with Crippen molar-refractivity contribution in [3.8, 4) is 11.4 Å². The van der Waals surface area contributed by atoms with Crippen LogP contribution in [-0.4, -0.2) is 14.6 Å². The molecule has 2 aromatic heterocycles. The molecule has 0 amide bonds. The van der Waals surface area contributed by atoms with E-state index in [-0.39, 0.29) is 0 Å². The lowest BCUT2D eigenvalue weighted by molar-refractivity contribution is 1.12. The highest BCUT2D eigenvalue weighted by Gasteiger charge is 2.13. The van der Waals surface area contributed by atoms with E-state index in [4.69, 9.17) is 11.5 Å². The Morgan fingerprint density at radius 2 is 1.73 bits per heavy atom. The molecule has 0 radical (unpaired) electrons. The molecule has 2 heterocycles. The Kier molecular flexibility index (Phi) is 2.56. The predicted molar refractivity (Wildman–Crippen MR) is 89.5 cm³/mol. The summed E-state index contributed by atoms with van der Waals surface area (Å²) in [7, 11) is 0. The smallest absolute Gasteiger partial charge is 0.168 e. The first-order valence-corrected chi connectivity index (χ1v) is 7.03. The van der Waals surface area contributed by atoms with Crippen molar-refractivity contribution in [3.63, 3.8) is 0 Å². The van der Waals surface area contributed by atoms with Gasteiger partial charge in [-0.1, -0.05) is 12.1 Å². The molecule has 5 nitrogen and oxygen atoms in total. The second-order valence-corrected chi connectivity index (χ2v) is 5.45. The second kappa shape index (κ2) is 4.46. The first-order chi connectivity index (χ1) is 10.6. The molecule has 0 atom stereocenters. The summed E-state index contributed by atoms with van der Waals surface area (Å²) in [5, 5.41) is 9.74. The topological polar surface area (TPSA) is 82.2 Å². The van der Waals surface area contributed by atoms with Crippen LogP contribution in [0.5, 0.6) is 0 Å². The minimum absolute atomic E-state index is 0.704. The third-order valence-corrected chi connectivity index (χ3v) is 3.86. The highest BCUT2D eigenvalue weighted by molar-refractivity contribution is 5.89. The number of nitrogen functional groups attached to an aromatic ring is 2. The molecule has 0 bridgehead atoms. The lowest BCUT2D eigenvalue weighted by atomic mass is 10.1. The number of nitrogens with zero attached hydrogens (tertiary/aromatic N) is 3.